The highest BCUT2D eigenvalue weighted by atomic mass is 32.2. The summed E-state index contributed by atoms with van der Waals surface area (Å²) in [5.74, 6) is 1.06. The van der Waals surface area contributed by atoms with Gasteiger partial charge in [0.15, 0.2) is 5.16 Å². The fourth-order valence-electron chi connectivity index (χ4n) is 1.10. The maximum atomic E-state index is 4.25. The zero-order valence-corrected chi connectivity index (χ0v) is 9.51. The lowest BCUT2D eigenvalue weighted by atomic mass is 10.4. The molecule has 0 aromatic carbocycles. The smallest absolute Gasteiger partial charge is 0.167 e. The van der Waals surface area contributed by atoms with Crippen LogP contribution >= 0.6 is 23.1 Å². The molecule has 0 aliphatic rings. The lowest BCUT2D eigenvalue weighted by Crippen LogP contribution is -1.91. The van der Waals surface area contributed by atoms with Crippen molar-refractivity contribution in [2.45, 2.75) is 11.6 Å². The van der Waals surface area contributed by atoms with Gasteiger partial charge in [0, 0.05) is 36.3 Å². The molecule has 0 fully saturated rings. The van der Waals surface area contributed by atoms with Gasteiger partial charge in [-0.3, -0.25) is 4.98 Å². The van der Waals surface area contributed by atoms with Crippen LogP contribution in [0, 0.1) is 0 Å². The van der Waals surface area contributed by atoms with Crippen LogP contribution in [0.25, 0.3) is 0 Å². The highest BCUT2D eigenvalue weighted by molar-refractivity contribution is 7.99. The fourth-order valence-corrected chi connectivity index (χ4v) is 2.73. The van der Waals surface area contributed by atoms with Crippen LogP contribution in [0.5, 0.6) is 0 Å². The molecule has 0 amide bonds. The number of thioether (sulfide) groups is 1. The van der Waals surface area contributed by atoms with Crippen LogP contribution in [-0.2, 0) is 13.5 Å². The Morgan fingerprint density at radius 1 is 1.57 bits per heavy atom. The normalized spacial score (nSPS) is 10.6. The van der Waals surface area contributed by atoms with E-state index in [9.17, 15) is 0 Å². The SMILES string of the molecule is Cn1ccnc1SCCc1cncs1. The third kappa shape index (κ3) is 2.36. The molecule has 2 aromatic rings. The molecule has 3 nitrogen and oxygen atoms in total. The van der Waals surface area contributed by atoms with Gasteiger partial charge in [0.25, 0.3) is 0 Å². The summed E-state index contributed by atoms with van der Waals surface area (Å²) in [5, 5.41) is 1.08. The Labute approximate surface area is 91.2 Å². The Hall–Kier alpha value is -0.810. The Bertz CT molecular complexity index is 380. The molecule has 74 valence electrons. The van der Waals surface area contributed by atoms with Crippen LogP contribution in [0.2, 0.25) is 0 Å². The summed E-state index contributed by atoms with van der Waals surface area (Å²) < 4.78 is 2.04. The second-order valence-corrected chi connectivity index (χ2v) is 4.92. The largest absolute Gasteiger partial charge is 0.329 e. The molecule has 2 aromatic heterocycles. The van der Waals surface area contributed by atoms with Crippen molar-refractivity contribution in [2.75, 3.05) is 5.75 Å². The van der Waals surface area contributed by atoms with Crippen LogP contribution in [0.1, 0.15) is 4.88 Å². The molecule has 0 bridgehead atoms. The van der Waals surface area contributed by atoms with Crippen molar-refractivity contribution in [3.8, 4) is 0 Å². The average Bonchev–Trinajstić information content (AvgIpc) is 2.78. The summed E-state index contributed by atoms with van der Waals surface area (Å²) in [5.41, 5.74) is 1.88. The Kier molecular flexibility index (Phi) is 3.21. The van der Waals surface area contributed by atoms with E-state index in [0.717, 1.165) is 17.3 Å². The van der Waals surface area contributed by atoms with Gasteiger partial charge in [0.2, 0.25) is 0 Å². The number of imidazole rings is 1. The quantitative estimate of drug-likeness (QED) is 0.747. The van der Waals surface area contributed by atoms with Crippen LogP contribution in [0.4, 0.5) is 0 Å². The summed E-state index contributed by atoms with van der Waals surface area (Å²) in [6.07, 6.45) is 6.80. The fraction of sp³-hybridized carbons (Fsp3) is 0.333. The molecule has 14 heavy (non-hydrogen) atoms. The van der Waals surface area contributed by atoms with Crippen molar-refractivity contribution in [3.63, 3.8) is 0 Å². The standard InChI is InChI=1S/C9H11N3S2/c1-12-4-3-11-9(12)13-5-2-8-6-10-7-14-8/h3-4,6-7H,2,5H2,1H3. The van der Waals surface area contributed by atoms with E-state index < -0.39 is 0 Å². The highest BCUT2D eigenvalue weighted by Crippen LogP contribution is 2.17. The van der Waals surface area contributed by atoms with Crippen LogP contribution < -0.4 is 0 Å². The molecule has 0 saturated carbocycles. The van der Waals surface area contributed by atoms with E-state index in [-0.39, 0.29) is 0 Å². The molecule has 0 aliphatic carbocycles. The Morgan fingerprint density at radius 3 is 3.14 bits per heavy atom. The van der Waals surface area contributed by atoms with E-state index in [4.69, 9.17) is 0 Å². The van der Waals surface area contributed by atoms with Crippen molar-refractivity contribution in [3.05, 3.63) is 29.0 Å². The van der Waals surface area contributed by atoms with E-state index in [1.54, 1.807) is 23.1 Å². The van der Waals surface area contributed by atoms with Crippen molar-refractivity contribution in [2.24, 2.45) is 7.05 Å². The number of hydrogen-bond acceptors (Lipinski definition) is 4. The highest BCUT2D eigenvalue weighted by Gasteiger charge is 2.00. The minimum absolute atomic E-state index is 1.06. The van der Waals surface area contributed by atoms with Gasteiger partial charge in [0.05, 0.1) is 5.51 Å². The molecule has 0 radical (unpaired) electrons. The first kappa shape index (κ1) is 9.73. The molecular formula is C9H11N3S2. The van der Waals surface area contributed by atoms with Gasteiger partial charge in [-0.25, -0.2) is 4.98 Å². The van der Waals surface area contributed by atoms with Crippen LogP contribution in [-0.4, -0.2) is 20.3 Å². The van der Waals surface area contributed by atoms with Crippen LogP contribution in [0.15, 0.2) is 29.3 Å². The van der Waals surface area contributed by atoms with Gasteiger partial charge in [0.1, 0.15) is 0 Å². The number of rotatable bonds is 4. The molecule has 0 unspecified atom stereocenters. The van der Waals surface area contributed by atoms with Gasteiger partial charge in [-0.2, -0.15) is 0 Å². The van der Waals surface area contributed by atoms with E-state index in [1.807, 2.05) is 35.7 Å². The molecule has 0 N–H and O–H groups in total. The predicted molar refractivity (Wildman–Crippen MR) is 59.8 cm³/mol. The summed E-state index contributed by atoms with van der Waals surface area (Å²) >= 11 is 3.50. The second kappa shape index (κ2) is 4.61. The maximum Gasteiger partial charge on any atom is 0.167 e. The van der Waals surface area contributed by atoms with Gasteiger partial charge in [-0.15, -0.1) is 11.3 Å². The topological polar surface area (TPSA) is 30.7 Å². The zero-order valence-electron chi connectivity index (χ0n) is 7.88. The molecule has 2 heterocycles. The van der Waals surface area contributed by atoms with Gasteiger partial charge >= 0.3 is 0 Å². The number of aromatic nitrogens is 3. The first-order valence-corrected chi connectivity index (χ1v) is 6.20. The molecule has 0 aliphatic heterocycles. The maximum absolute atomic E-state index is 4.25. The third-order valence-electron chi connectivity index (χ3n) is 1.84. The molecule has 0 atom stereocenters. The molecule has 0 spiro atoms. The summed E-state index contributed by atoms with van der Waals surface area (Å²) in [6.45, 7) is 0. The van der Waals surface area contributed by atoms with Gasteiger partial charge < -0.3 is 4.57 Å². The molecule has 5 heteroatoms. The van der Waals surface area contributed by atoms with Crippen molar-refractivity contribution < 1.29 is 0 Å². The second-order valence-electron chi connectivity index (χ2n) is 2.89. The monoisotopic (exact) mass is 225 g/mol. The lowest BCUT2D eigenvalue weighted by molar-refractivity contribution is 0.789. The number of aryl methyl sites for hydroxylation is 2. The molecule has 0 saturated heterocycles. The van der Waals surface area contributed by atoms with Crippen molar-refractivity contribution in [1.82, 2.24) is 14.5 Å². The van der Waals surface area contributed by atoms with E-state index in [1.165, 1.54) is 4.88 Å². The average molecular weight is 225 g/mol. The predicted octanol–water partition coefficient (Wildman–Crippen LogP) is 2.21. The lowest BCUT2D eigenvalue weighted by Gasteiger charge is -1.99. The first-order valence-electron chi connectivity index (χ1n) is 4.34. The number of thiazole rings is 1. The summed E-state index contributed by atoms with van der Waals surface area (Å²) in [7, 11) is 2.02. The summed E-state index contributed by atoms with van der Waals surface area (Å²) in [6, 6.07) is 0. The van der Waals surface area contributed by atoms with Crippen molar-refractivity contribution in [1.29, 1.82) is 0 Å². The first-order chi connectivity index (χ1) is 6.86. The Balaban J connectivity index is 1.81. The molecule has 2 rings (SSSR count). The Morgan fingerprint density at radius 2 is 2.50 bits per heavy atom. The van der Waals surface area contributed by atoms with Gasteiger partial charge in [-0.05, 0) is 6.42 Å². The van der Waals surface area contributed by atoms with Gasteiger partial charge in [-0.1, -0.05) is 11.8 Å². The van der Waals surface area contributed by atoms with Crippen LogP contribution in [0.3, 0.4) is 0 Å². The minimum atomic E-state index is 1.06. The zero-order chi connectivity index (χ0) is 9.80. The number of hydrogen-bond donors (Lipinski definition) is 0. The van der Waals surface area contributed by atoms with E-state index >= 15 is 0 Å². The van der Waals surface area contributed by atoms with E-state index in [2.05, 4.69) is 9.97 Å². The molecular weight excluding hydrogens is 214 g/mol. The van der Waals surface area contributed by atoms with E-state index in [0.29, 0.717) is 0 Å². The summed E-state index contributed by atoms with van der Waals surface area (Å²) in [4.78, 5) is 9.63. The minimum Gasteiger partial charge on any atom is -0.329 e. The van der Waals surface area contributed by atoms with Crippen molar-refractivity contribution >= 4 is 23.1 Å². The number of nitrogens with zero attached hydrogens (tertiary/aromatic N) is 3. The third-order valence-corrected chi connectivity index (χ3v) is 3.74.